The number of primary amides is 2. The number of hydrogen-bond acceptors (Lipinski definition) is 12. The zero-order chi connectivity index (χ0) is 49.2. The van der Waals surface area contributed by atoms with E-state index in [9.17, 15) is 47.9 Å². The Bertz CT molecular complexity index is 1920. The van der Waals surface area contributed by atoms with Crippen molar-refractivity contribution in [1.29, 1.82) is 0 Å². The second-order valence-electron chi connectivity index (χ2n) is 15.4. The number of nitrogens with zero attached hydrogens (tertiary/aromatic N) is 2. The lowest BCUT2D eigenvalue weighted by atomic mass is 10.0. The number of nitrogens with two attached hydrogens (primary N) is 6. The fourth-order valence-corrected chi connectivity index (χ4v) is 6.50. The molecule has 26 heteroatoms. The molecule has 364 valence electrons. The van der Waals surface area contributed by atoms with Gasteiger partial charge in [-0.15, -0.1) is 0 Å². The van der Waals surface area contributed by atoms with Gasteiger partial charge in [0.1, 0.15) is 36.3 Å². The number of aliphatic imine (C=N–C) groups is 2. The van der Waals surface area contributed by atoms with Gasteiger partial charge in [0.15, 0.2) is 11.9 Å². The van der Waals surface area contributed by atoms with Crippen molar-refractivity contribution in [2.24, 2.45) is 44.4 Å². The summed E-state index contributed by atoms with van der Waals surface area (Å²) in [6, 6.07) is 0.278. The van der Waals surface area contributed by atoms with Gasteiger partial charge in [-0.3, -0.25) is 57.9 Å². The minimum atomic E-state index is -1.54. The predicted molar refractivity (Wildman–Crippen MR) is 239 cm³/mol. The molecule has 10 amide bonds. The monoisotopic (exact) mass is 928 g/mol. The maximum Gasteiger partial charge on any atom is 0.243 e. The van der Waals surface area contributed by atoms with E-state index in [1.807, 2.05) is 0 Å². The van der Waals surface area contributed by atoms with Crippen molar-refractivity contribution >= 4 is 71.0 Å². The highest BCUT2D eigenvalue weighted by atomic mass is 16.2. The second kappa shape index (κ2) is 29.0. The Labute approximate surface area is 381 Å². The summed E-state index contributed by atoms with van der Waals surface area (Å²) in [4.78, 5) is 139. The highest BCUT2D eigenvalue weighted by molar-refractivity contribution is 5.97. The first-order valence-corrected chi connectivity index (χ1v) is 21.3. The number of amides is 10. The van der Waals surface area contributed by atoms with E-state index in [4.69, 9.17) is 34.4 Å². The van der Waals surface area contributed by atoms with Crippen LogP contribution in [0, 0.1) is 0 Å². The van der Waals surface area contributed by atoms with Crippen LogP contribution in [0.2, 0.25) is 0 Å². The van der Waals surface area contributed by atoms with E-state index in [1.54, 1.807) is 30.3 Å². The Morgan fingerprint density at radius 1 is 0.712 bits per heavy atom. The van der Waals surface area contributed by atoms with Crippen LogP contribution in [-0.4, -0.2) is 133 Å². The molecule has 0 aliphatic carbocycles. The highest BCUT2D eigenvalue weighted by Gasteiger charge is 2.33. The first-order valence-electron chi connectivity index (χ1n) is 21.3. The van der Waals surface area contributed by atoms with Gasteiger partial charge in [-0.05, 0) is 56.9 Å². The zero-order valence-electron chi connectivity index (χ0n) is 36.9. The SMILES string of the molecule is CC(=O)N[C@@H](CCCN=C(N)N)C(=O)N[C@H]1CCCC(=O)NCC[C@@H](C(N)=O)NC(=O)CNC(=O)[C@H](CCCN=C(N)N)NC(=O)[C@@H](Cc2ccccc2)NC(=O)[C@H](CCC(N)=O)NC1=O. The minimum absolute atomic E-state index is 0.0280. The van der Waals surface area contributed by atoms with E-state index in [-0.39, 0.29) is 95.8 Å². The Morgan fingerprint density at radius 2 is 1.32 bits per heavy atom. The lowest BCUT2D eigenvalue weighted by molar-refractivity contribution is -0.135. The van der Waals surface area contributed by atoms with Gasteiger partial charge in [-0.25, -0.2) is 0 Å². The summed E-state index contributed by atoms with van der Waals surface area (Å²) in [6.07, 6.45) is -1.10. The number of benzene rings is 1. The van der Waals surface area contributed by atoms with Crippen LogP contribution in [0.15, 0.2) is 40.3 Å². The van der Waals surface area contributed by atoms with Gasteiger partial charge in [0.2, 0.25) is 59.1 Å². The normalized spacial score (nSPS) is 21.1. The van der Waals surface area contributed by atoms with Crippen molar-refractivity contribution in [2.75, 3.05) is 26.2 Å². The lowest BCUT2D eigenvalue weighted by Gasteiger charge is -2.27. The van der Waals surface area contributed by atoms with Gasteiger partial charge in [-0.2, -0.15) is 0 Å². The van der Waals surface area contributed by atoms with Crippen LogP contribution < -0.4 is 76.9 Å². The number of hydrogen-bond donors (Lipinski definition) is 14. The topological polar surface area (TPSA) is 448 Å². The van der Waals surface area contributed by atoms with E-state index < -0.39 is 108 Å². The maximum atomic E-state index is 14.2. The van der Waals surface area contributed by atoms with Crippen LogP contribution in [0.4, 0.5) is 0 Å². The van der Waals surface area contributed by atoms with Crippen molar-refractivity contribution in [3.63, 3.8) is 0 Å². The molecule has 1 aromatic carbocycles. The number of rotatable bonds is 17. The summed E-state index contributed by atoms with van der Waals surface area (Å²) in [5, 5.41) is 20.2. The molecule has 1 aromatic rings. The molecule has 0 radical (unpaired) electrons. The number of nitrogens with one attached hydrogen (secondary N) is 8. The molecule has 0 bridgehead atoms. The van der Waals surface area contributed by atoms with E-state index in [0.717, 1.165) is 0 Å². The molecule has 1 saturated heterocycles. The third kappa shape index (κ3) is 22.2. The van der Waals surface area contributed by atoms with Crippen LogP contribution in [0.3, 0.4) is 0 Å². The molecule has 6 atom stereocenters. The maximum absolute atomic E-state index is 14.2. The molecular formula is C40H64N16O10. The summed E-state index contributed by atoms with van der Waals surface area (Å²) in [5.41, 5.74) is 33.2. The van der Waals surface area contributed by atoms with Gasteiger partial charge in [0.05, 0.1) is 6.54 Å². The lowest BCUT2D eigenvalue weighted by Crippen LogP contribution is -2.59. The highest BCUT2D eigenvalue weighted by Crippen LogP contribution is 2.10. The average Bonchev–Trinajstić information content (AvgIpc) is 3.24. The Balaban J connectivity index is 2.62. The van der Waals surface area contributed by atoms with Crippen molar-refractivity contribution in [3.05, 3.63) is 35.9 Å². The molecule has 1 aliphatic heterocycles. The van der Waals surface area contributed by atoms with Crippen LogP contribution in [0.25, 0.3) is 0 Å². The molecular weight excluding hydrogens is 865 g/mol. The van der Waals surface area contributed by atoms with Crippen molar-refractivity contribution in [1.82, 2.24) is 42.5 Å². The average molecular weight is 929 g/mol. The molecule has 0 unspecified atom stereocenters. The quantitative estimate of drug-likeness (QED) is 0.0393. The van der Waals surface area contributed by atoms with Crippen molar-refractivity contribution in [3.8, 4) is 0 Å². The summed E-state index contributed by atoms with van der Waals surface area (Å²) < 4.78 is 0. The molecule has 2 rings (SSSR count). The predicted octanol–water partition coefficient (Wildman–Crippen LogP) is -6.18. The first kappa shape index (κ1) is 54.6. The van der Waals surface area contributed by atoms with Gasteiger partial charge in [0.25, 0.3) is 0 Å². The molecule has 1 fully saturated rings. The van der Waals surface area contributed by atoms with Gasteiger partial charge in [0, 0.05) is 45.8 Å². The number of carbonyl (C=O) groups is 10. The molecule has 0 saturated carbocycles. The number of carbonyl (C=O) groups excluding carboxylic acids is 10. The van der Waals surface area contributed by atoms with Crippen LogP contribution >= 0.6 is 0 Å². The first-order chi connectivity index (χ1) is 31.2. The largest absolute Gasteiger partial charge is 0.370 e. The van der Waals surface area contributed by atoms with Gasteiger partial charge < -0.3 is 76.9 Å². The zero-order valence-corrected chi connectivity index (χ0v) is 36.9. The third-order valence-corrected chi connectivity index (χ3v) is 9.83. The summed E-state index contributed by atoms with van der Waals surface area (Å²) in [6.45, 7) is 0.568. The van der Waals surface area contributed by atoms with E-state index >= 15 is 0 Å². The summed E-state index contributed by atoms with van der Waals surface area (Å²) in [7, 11) is 0. The van der Waals surface area contributed by atoms with Gasteiger partial charge in [-0.1, -0.05) is 30.3 Å². The Hall–Kier alpha value is -7.54. The molecule has 26 nitrogen and oxygen atoms in total. The summed E-state index contributed by atoms with van der Waals surface area (Å²) >= 11 is 0. The van der Waals surface area contributed by atoms with Gasteiger partial charge >= 0.3 is 0 Å². The van der Waals surface area contributed by atoms with E-state index in [0.29, 0.717) is 5.56 Å². The molecule has 20 N–H and O–H groups in total. The smallest absolute Gasteiger partial charge is 0.243 e. The fourth-order valence-electron chi connectivity index (χ4n) is 6.50. The molecule has 0 spiro atoms. The van der Waals surface area contributed by atoms with Crippen LogP contribution in [0.5, 0.6) is 0 Å². The van der Waals surface area contributed by atoms with Crippen molar-refractivity contribution in [2.45, 2.75) is 114 Å². The third-order valence-electron chi connectivity index (χ3n) is 9.83. The fraction of sp³-hybridized carbons (Fsp3) is 0.550. The Morgan fingerprint density at radius 3 is 1.94 bits per heavy atom. The van der Waals surface area contributed by atoms with E-state index in [1.165, 1.54) is 6.92 Å². The standard InChI is InChI=1S/C40H64N16O10/c1-22(57)51-26(12-7-18-49-40(45)46)35(63)54-27-10-5-13-31(59)47-19-16-24(33(42)61)52-32(60)21-50-34(62)25(11-6-17-48-39(43)44)53-38(66)29(20-23-8-3-2-4-9-23)56-37(65)28(55-36(27)64)14-15-30(41)58/h2-4,8-9,24-29H,5-7,10-21H2,1H3,(H2,41,58)(H2,42,61)(H,47,59)(H,50,62)(H,51,57)(H,52,60)(H,53,66)(H,54,63)(H,55,64)(H,56,65)(H4,43,44,48)(H4,45,46,49)/t24-,25-,26-,27-,28-,29+/m0/s1. The minimum Gasteiger partial charge on any atom is -0.370 e. The van der Waals surface area contributed by atoms with Crippen molar-refractivity contribution < 1.29 is 47.9 Å². The molecule has 0 aromatic heterocycles. The van der Waals surface area contributed by atoms with Crippen LogP contribution in [-0.2, 0) is 54.4 Å². The van der Waals surface area contributed by atoms with E-state index in [2.05, 4.69) is 52.5 Å². The molecule has 66 heavy (non-hydrogen) atoms. The van der Waals surface area contributed by atoms with Crippen LogP contribution in [0.1, 0.15) is 76.7 Å². The molecule has 1 aliphatic rings. The summed E-state index contributed by atoms with van der Waals surface area (Å²) in [5.74, 6) is -8.47. The number of guanidine groups is 2. The molecule has 1 heterocycles. The Kier molecular flexibility index (Phi) is 24.0. The second-order valence-corrected chi connectivity index (χ2v) is 15.4.